The van der Waals surface area contributed by atoms with E-state index in [0.717, 1.165) is 0 Å². The van der Waals surface area contributed by atoms with E-state index in [1.54, 1.807) is 25.1 Å². The number of aromatic nitrogens is 1. The number of carbonyl (C=O) groups excluding carboxylic acids is 1. The second-order valence-corrected chi connectivity index (χ2v) is 10.3. The van der Waals surface area contributed by atoms with Crippen molar-refractivity contribution in [3.63, 3.8) is 0 Å². The topological polar surface area (TPSA) is 122 Å². The average molecular weight is 409 g/mol. The van der Waals surface area contributed by atoms with Crippen LogP contribution in [-0.2, 0) is 19.9 Å². The molecule has 2 heterocycles. The lowest BCUT2D eigenvalue weighted by molar-refractivity contribution is 0.102. The van der Waals surface area contributed by atoms with Gasteiger partial charge in [0.25, 0.3) is 5.91 Å². The van der Waals surface area contributed by atoms with Gasteiger partial charge in [0.15, 0.2) is 9.84 Å². The number of anilines is 1. The van der Waals surface area contributed by atoms with Crippen LogP contribution in [0.2, 0.25) is 0 Å². The number of amides is 1. The number of nitrogens with one attached hydrogen (secondary N) is 2. The van der Waals surface area contributed by atoms with Gasteiger partial charge in [-0.3, -0.25) is 4.79 Å². The molecule has 0 bridgehead atoms. The van der Waals surface area contributed by atoms with Crippen LogP contribution in [0, 0.1) is 6.92 Å². The summed E-state index contributed by atoms with van der Waals surface area (Å²) in [5, 5.41) is 2.65. The molecule has 1 fully saturated rings. The molecule has 2 aromatic rings. The van der Waals surface area contributed by atoms with Crippen LogP contribution in [-0.4, -0.2) is 45.3 Å². The Morgan fingerprint density at radius 1 is 1.15 bits per heavy atom. The molecule has 1 aromatic carbocycles. The lowest BCUT2D eigenvalue weighted by Gasteiger charge is -2.12. The van der Waals surface area contributed by atoms with Crippen LogP contribution in [0.4, 0.5) is 5.69 Å². The molecule has 10 heteroatoms. The number of carbonyl (C=O) groups is 1. The summed E-state index contributed by atoms with van der Waals surface area (Å²) in [4.78, 5) is 16.3. The van der Waals surface area contributed by atoms with E-state index in [1.807, 2.05) is 0 Å². The third-order valence-corrected chi connectivity index (χ3v) is 7.40. The van der Waals surface area contributed by atoms with Crippen LogP contribution in [0.1, 0.15) is 22.6 Å². The Bertz CT molecular complexity index is 1060. The molecule has 1 aliphatic heterocycles. The standard InChI is InChI=1S/C17H19N3O5S2/c1-12-3-2-4-16(18-12)17(21)19-13-5-7-15(8-6-13)27(24,25)20-14-9-10-26(22,23)11-14/h2-8,14,20H,9-11H2,1H3,(H,19,21)/t14-/m0/s1. The van der Waals surface area contributed by atoms with E-state index in [-0.39, 0.29) is 28.5 Å². The molecule has 8 nitrogen and oxygen atoms in total. The van der Waals surface area contributed by atoms with Crippen molar-refractivity contribution in [3.05, 3.63) is 53.9 Å². The molecule has 1 aliphatic rings. The molecule has 27 heavy (non-hydrogen) atoms. The SMILES string of the molecule is Cc1cccc(C(=O)Nc2ccc(S(=O)(=O)N[C@H]3CCS(=O)(=O)C3)cc2)n1. The average Bonchev–Trinajstić information content (AvgIpc) is 2.93. The Morgan fingerprint density at radius 3 is 2.44 bits per heavy atom. The van der Waals surface area contributed by atoms with E-state index in [9.17, 15) is 21.6 Å². The molecule has 0 saturated carbocycles. The van der Waals surface area contributed by atoms with Gasteiger partial charge in [0.2, 0.25) is 10.0 Å². The summed E-state index contributed by atoms with van der Waals surface area (Å²) in [7, 11) is -7.02. The molecule has 3 rings (SSSR count). The number of aryl methyl sites for hydroxylation is 1. The summed E-state index contributed by atoms with van der Waals surface area (Å²) in [5.74, 6) is -0.606. The van der Waals surface area contributed by atoms with E-state index in [4.69, 9.17) is 0 Å². The molecule has 1 amide bonds. The fourth-order valence-electron chi connectivity index (χ4n) is 2.76. The zero-order chi connectivity index (χ0) is 19.7. The van der Waals surface area contributed by atoms with Crippen molar-refractivity contribution in [3.8, 4) is 0 Å². The molecule has 144 valence electrons. The highest BCUT2D eigenvalue weighted by Crippen LogP contribution is 2.18. The van der Waals surface area contributed by atoms with Gasteiger partial charge in [-0.15, -0.1) is 0 Å². The minimum Gasteiger partial charge on any atom is -0.321 e. The fourth-order valence-corrected chi connectivity index (χ4v) is 5.81. The molecule has 1 aromatic heterocycles. The van der Waals surface area contributed by atoms with E-state index >= 15 is 0 Å². The van der Waals surface area contributed by atoms with Gasteiger partial charge >= 0.3 is 0 Å². The zero-order valence-corrected chi connectivity index (χ0v) is 16.2. The van der Waals surface area contributed by atoms with Crippen LogP contribution in [0.5, 0.6) is 0 Å². The molecule has 2 N–H and O–H groups in total. The first-order chi connectivity index (χ1) is 12.6. The van der Waals surface area contributed by atoms with Gasteiger partial charge in [-0.2, -0.15) is 0 Å². The monoisotopic (exact) mass is 409 g/mol. The lowest BCUT2D eigenvalue weighted by atomic mass is 10.2. The first kappa shape index (κ1) is 19.5. The summed E-state index contributed by atoms with van der Waals surface area (Å²) >= 11 is 0. The predicted molar refractivity (Wildman–Crippen MR) is 101 cm³/mol. The molecule has 0 unspecified atom stereocenters. The Morgan fingerprint density at radius 2 is 1.85 bits per heavy atom. The molecule has 1 atom stereocenters. The fraction of sp³-hybridized carbons (Fsp3) is 0.294. The van der Waals surface area contributed by atoms with Crippen molar-refractivity contribution in [2.75, 3.05) is 16.8 Å². The highest BCUT2D eigenvalue weighted by atomic mass is 32.2. The molecule has 0 aliphatic carbocycles. The van der Waals surface area contributed by atoms with E-state index in [1.165, 1.54) is 24.3 Å². The second-order valence-electron chi connectivity index (χ2n) is 6.36. The normalized spacial score (nSPS) is 18.9. The van der Waals surface area contributed by atoms with E-state index in [0.29, 0.717) is 11.4 Å². The highest BCUT2D eigenvalue weighted by Gasteiger charge is 2.31. The van der Waals surface area contributed by atoms with Crippen LogP contribution in [0.3, 0.4) is 0 Å². The van der Waals surface area contributed by atoms with Gasteiger partial charge in [0.1, 0.15) is 5.69 Å². The number of sulfonamides is 1. The smallest absolute Gasteiger partial charge is 0.274 e. The highest BCUT2D eigenvalue weighted by molar-refractivity contribution is 7.92. The summed E-state index contributed by atoms with van der Waals surface area (Å²) in [6, 6.07) is 10.1. The van der Waals surface area contributed by atoms with Crippen LogP contribution < -0.4 is 10.0 Å². The van der Waals surface area contributed by atoms with Gasteiger partial charge in [0, 0.05) is 17.4 Å². The maximum atomic E-state index is 12.4. The molecular formula is C17H19N3O5S2. The third kappa shape index (κ3) is 4.90. The minimum atomic E-state index is -3.84. The predicted octanol–water partition coefficient (Wildman–Crippen LogP) is 1.11. The van der Waals surface area contributed by atoms with Gasteiger partial charge in [-0.1, -0.05) is 6.07 Å². The third-order valence-electron chi connectivity index (χ3n) is 4.10. The Labute approximate surface area is 158 Å². The van der Waals surface area contributed by atoms with Gasteiger partial charge in [-0.05, 0) is 49.7 Å². The van der Waals surface area contributed by atoms with E-state index in [2.05, 4.69) is 15.0 Å². The second kappa shape index (κ2) is 7.37. The van der Waals surface area contributed by atoms with Crippen molar-refractivity contribution < 1.29 is 21.6 Å². The number of sulfone groups is 1. The first-order valence-corrected chi connectivity index (χ1v) is 11.5. The van der Waals surface area contributed by atoms with E-state index < -0.39 is 31.8 Å². The number of pyridine rings is 1. The van der Waals surface area contributed by atoms with Crippen molar-refractivity contribution in [2.45, 2.75) is 24.3 Å². The van der Waals surface area contributed by atoms with Crippen molar-refractivity contribution in [1.29, 1.82) is 0 Å². The largest absolute Gasteiger partial charge is 0.321 e. The molecule has 1 saturated heterocycles. The minimum absolute atomic E-state index is 0.00141. The summed E-state index contributed by atoms with van der Waals surface area (Å²) < 4.78 is 50.1. The summed E-state index contributed by atoms with van der Waals surface area (Å²) in [6.45, 7) is 1.78. The molecule has 0 radical (unpaired) electrons. The van der Waals surface area contributed by atoms with Crippen molar-refractivity contribution >= 4 is 31.5 Å². The number of rotatable bonds is 5. The summed E-state index contributed by atoms with van der Waals surface area (Å²) in [6.07, 6.45) is 0.263. The van der Waals surface area contributed by atoms with Crippen LogP contribution in [0.25, 0.3) is 0 Å². The Balaban J connectivity index is 1.68. The maximum absolute atomic E-state index is 12.4. The quantitative estimate of drug-likeness (QED) is 0.763. The van der Waals surface area contributed by atoms with Gasteiger partial charge < -0.3 is 5.32 Å². The first-order valence-electron chi connectivity index (χ1n) is 8.22. The number of hydrogen-bond acceptors (Lipinski definition) is 6. The Hall–Kier alpha value is -2.30. The van der Waals surface area contributed by atoms with Crippen molar-refractivity contribution in [2.24, 2.45) is 0 Å². The lowest BCUT2D eigenvalue weighted by Crippen LogP contribution is -2.35. The van der Waals surface area contributed by atoms with Gasteiger partial charge in [0.05, 0.1) is 16.4 Å². The Kier molecular flexibility index (Phi) is 5.31. The molecular weight excluding hydrogens is 390 g/mol. The van der Waals surface area contributed by atoms with Crippen LogP contribution in [0.15, 0.2) is 47.4 Å². The van der Waals surface area contributed by atoms with Crippen LogP contribution >= 0.6 is 0 Å². The number of benzene rings is 1. The number of nitrogens with zero attached hydrogens (tertiary/aromatic N) is 1. The number of hydrogen-bond donors (Lipinski definition) is 2. The maximum Gasteiger partial charge on any atom is 0.274 e. The zero-order valence-electron chi connectivity index (χ0n) is 14.5. The van der Waals surface area contributed by atoms with Gasteiger partial charge in [-0.25, -0.2) is 26.5 Å². The summed E-state index contributed by atoms with van der Waals surface area (Å²) in [5.41, 5.74) is 1.39. The van der Waals surface area contributed by atoms with Crippen molar-refractivity contribution in [1.82, 2.24) is 9.71 Å². The molecule has 0 spiro atoms.